The summed E-state index contributed by atoms with van der Waals surface area (Å²) in [6, 6.07) is 3.41. The molecule has 3 heterocycles. The molecule has 0 bridgehead atoms. The van der Waals surface area contributed by atoms with Gasteiger partial charge in [-0.25, -0.2) is 4.79 Å². The van der Waals surface area contributed by atoms with Crippen molar-refractivity contribution in [2.45, 2.75) is 25.8 Å². The topological polar surface area (TPSA) is 94.6 Å². The molecule has 1 aromatic rings. The second kappa shape index (κ2) is 6.70. The lowest BCUT2D eigenvalue weighted by Gasteiger charge is -2.37. The van der Waals surface area contributed by atoms with Gasteiger partial charge in [-0.1, -0.05) is 6.92 Å². The Morgan fingerprint density at radius 2 is 2.04 bits per heavy atom. The van der Waals surface area contributed by atoms with Crippen LogP contribution in [-0.2, 0) is 9.59 Å². The fourth-order valence-corrected chi connectivity index (χ4v) is 3.46. The lowest BCUT2D eigenvalue weighted by atomic mass is 9.89. The zero-order chi connectivity index (χ0) is 18.0. The van der Waals surface area contributed by atoms with Crippen molar-refractivity contribution in [3.05, 3.63) is 24.5 Å². The van der Waals surface area contributed by atoms with Crippen LogP contribution in [0.25, 0.3) is 0 Å². The summed E-state index contributed by atoms with van der Waals surface area (Å²) in [6.45, 7) is 6.22. The average molecular weight is 345 g/mol. The van der Waals surface area contributed by atoms with Crippen LogP contribution in [0.5, 0.6) is 0 Å². The largest absolute Gasteiger partial charge is 0.367 e. The normalized spacial score (nSPS) is 24.7. The first kappa shape index (κ1) is 17.2. The molecule has 0 radical (unpaired) electrons. The molecule has 2 unspecified atom stereocenters. The Bertz CT molecular complexity index is 672. The van der Waals surface area contributed by atoms with E-state index in [9.17, 15) is 14.4 Å². The molecule has 0 aromatic carbocycles. The predicted molar refractivity (Wildman–Crippen MR) is 91.9 cm³/mol. The predicted octanol–water partition coefficient (Wildman–Crippen LogP) is 0.355. The molecule has 25 heavy (non-hydrogen) atoms. The van der Waals surface area contributed by atoms with Crippen molar-refractivity contribution in [3.63, 3.8) is 0 Å². The molecule has 1 aromatic heterocycles. The lowest BCUT2D eigenvalue weighted by molar-refractivity contribution is -0.136. The molecule has 3 rings (SSSR count). The number of nitrogens with zero attached hydrogens (tertiary/aromatic N) is 3. The van der Waals surface area contributed by atoms with Crippen LogP contribution in [0.1, 0.15) is 20.3 Å². The van der Waals surface area contributed by atoms with E-state index in [1.54, 1.807) is 20.0 Å². The summed E-state index contributed by atoms with van der Waals surface area (Å²) in [6.07, 6.45) is 3.85. The number of anilines is 1. The van der Waals surface area contributed by atoms with Crippen molar-refractivity contribution >= 4 is 23.5 Å². The fraction of sp³-hybridized carbons (Fsp3) is 0.529. The van der Waals surface area contributed by atoms with Gasteiger partial charge in [0.1, 0.15) is 5.54 Å². The number of hydrogen-bond donors (Lipinski definition) is 2. The Morgan fingerprint density at radius 3 is 2.60 bits per heavy atom. The van der Waals surface area contributed by atoms with Crippen LogP contribution in [0, 0.1) is 5.92 Å². The number of pyridine rings is 1. The molecule has 134 valence electrons. The van der Waals surface area contributed by atoms with Gasteiger partial charge in [0.2, 0.25) is 5.91 Å². The van der Waals surface area contributed by atoms with E-state index < -0.39 is 11.6 Å². The van der Waals surface area contributed by atoms with Gasteiger partial charge in [0, 0.05) is 38.3 Å². The minimum Gasteiger partial charge on any atom is -0.367 e. The molecule has 2 aliphatic rings. The maximum Gasteiger partial charge on any atom is 0.322 e. The average Bonchev–Trinajstić information content (AvgIpc) is 2.86. The first-order chi connectivity index (χ1) is 11.9. The highest BCUT2D eigenvalue weighted by atomic mass is 16.2. The molecule has 2 saturated heterocycles. The Labute approximate surface area is 146 Å². The van der Waals surface area contributed by atoms with E-state index in [-0.39, 0.29) is 24.2 Å². The Hall–Kier alpha value is -2.64. The number of carbonyl (C=O) groups excluding carboxylic acids is 3. The third kappa shape index (κ3) is 3.57. The highest BCUT2D eigenvalue weighted by Gasteiger charge is 2.44. The van der Waals surface area contributed by atoms with Crippen LogP contribution >= 0.6 is 0 Å². The summed E-state index contributed by atoms with van der Waals surface area (Å²) in [5.74, 6) is -0.710. The number of imide groups is 1. The number of amides is 4. The monoisotopic (exact) mass is 345 g/mol. The van der Waals surface area contributed by atoms with Gasteiger partial charge in [-0.05, 0) is 25.5 Å². The summed E-state index contributed by atoms with van der Waals surface area (Å²) >= 11 is 0. The van der Waals surface area contributed by atoms with Gasteiger partial charge in [-0.3, -0.25) is 19.9 Å². The Kier molecular flexibility index (Phi) is 4.61. The quantitative estimate of drug-likeness (QED) is 0.768. The molecule has 8 nitrogen and oxygen atoms in total. The van der Waals surface area contributed by atoms with Crippen LogP contribution in [-0.4, -0.2) is 59.4 Å². The second-order valence-corrected chi connectivity index (χ2v) is 6.87. The minimum absolute atomic E-state index is 0.0148. The molecule has 0 spiro atoms. The maximum atomic E-state index is 12.7. The van der Waals surface area contributed by atoms with Gasteiger partial charge in [0.05, 0.1) is 11.9 Å². The van der Waals surface area contributed by atoms with Gasteiger partial charge in [-0.2, -0.15) is 0 Å². The fourth-order valence-electron chi connectivity index (χ4n) is 3.46. The minimum atomic E-state index is -1.02. The summed E-state index contributed by atoms with van der Waals surface area (Å²) in [7, 11) is 0. The second-order valence-electron chi connectivity index (χ2n) is 6.87. The van der Waals surface area contributed by atoms with Crippen LogP contribution in [0.2, 0.25) is 0 Å². The van der Waals surface area contributed by atoms with Gasteiger partial charge in [-0.15, -0.1) is 0 Å². The van der Waals surface area contributed by atoms with Crippen molar-refractivity contribution in [3.8, 4) is 0 Å². The van der Waals surface area contributed by atoms with Crippen LogP contribution in [0.15, 0.2) is 24.5 Å². The van der Waals surface area contributed by atoms with E-state index in [4.69, 9.17) is 0 Å². The van der Waals surface area contributed by atoms with E-state index >= 15 is 0 Å². The summed E-state index contributed by atoms with van der Waals surface area (Å²) in [5, 5.41) is 4.84. The standard InChI is InChI=1S/C17H23N5O3/c1-12(10-17(2)15(24)19-16(25)20-17)14(23)22-8-6-21(7-9-22)13-4-3-5-18-11-13/h3-5,11-12H,6-10H2,1-2H3,(H2,19,20,24,25). The third-order valence-corrected chi connectivity index (χ3v) is 4.86. The molecule has 8 heteroatoms. The molecular formula is C17H23N5O3. The highest BCUT2D eigenvalue weighted by Crippen LogP contribution is 2.23. The molecule has 2 atom stereocenters. The lowest BCUT2D eigenvalue weighted by Crippen LogP contribution is -2.52. The van der Waals surface area contributed by atoms with Gasteiger partial charge in [0.25, 0.3) is 5.91 Å². The zero-order valence-electron chi connectivity index (χ0n) is 14.5. The number of rotatable bonds is 4. The third-order valence-electron chi connectivity index (χ3n) is 4.86. The van der Waals surface area contributed by atoms with Crippen molar-refractivity contribution in [2.24, 2.45) is 5.92 Å². The van der Waals surface area contributed by atoms with Crippen LogP contribution in [0.4, 0.5) is 10.5 Å². The molecule has 2 fully saturated rings. The van der Waals surface area contributed by atoms with Gasteiger partial charge in [0.15, 0.2) is 0 Å². The number of hydrogen-bond acceptors (Lipinski definition) is 5. The molecular weight excluding hydrogens is 322 g/mol. The first-order valence-corrected chi connectivity index (χ1v) is 8.46. The van der Waals surface area contributed by atoms with Gasteiger partial charge >= 0.3 is 6.03 Å². The van der Waals surface area contributed by atoms with Crippen molar-refractivity contribution < 1.29 is 14.4 Å². The zero-order valence-corrected chi connectivity index (χ0v) is 14.5. The van der Waals surface area contributed by atoms with Crippen LogP contribution in [0.3, 0.4) is 0 Å². The molecule has 2 N–H and O–H groups in total. The SMILES string of the molecule is CC(CC1(C)NC(=O)NC1=O)C(=O)N1CCN(c2cccnc2)CC1. The van der Waals surface area contributed by atoms with E-state index in [0.29, 0.717) is 13.1 Å². The number of nitrogens with one attached hydrogen (secondary N) is 2. The van der Waals surface area contributed by atoms with E-state index in [2.05, 4.69) is 20.5 Å². The van der Waals surface area contributed by atoms with Gasteiger partial charge < -0.3 is 15.1 Å². The van der Waals surface area contributed by atoms with Crippen molar-refractivity contribution in [1.29, 1.82) is 0 Å². The van der Waals surface area contributed by atoms with Crippen molar-refractivity contribution in [1.82, 2.24) is 20.5 Å². The van der Waals surface area contributed by atoms with E-state index in [0.717, 1.165) is 18.8 Å². The number of urea groups is 1. The van der Waals surface area contributed by atoms with E-state index in [1.807, 2.05) is 23.2 Å². The molecule has 4 amide bonds. The number of aromatic nitrogens is 1. The molecule has 0 saturated carbocycles. The molecule has 0 aliphatic carbocycles. The number of carbonyl (C=O) groups is 3. The van der Waals surface area contributed by atoms with E-state index in [1.165, 1.54) is 0 Å². The maximum absolute atomic E-state index is 12.7. The molecule has 2 aliphatic heterocycles. The van der Waals surface area contributed by atoms with Crippen LogP contribution < -0.4 is 15.5 Å². The highest BCUT2D eigenvalue weighted by molar-refractivity contribution is 6.07. The summed E-state index contributed by atoms with van der Waals surface area (Å²) in [5.41, 5.74) is 0.0319. The Morgan fingerprint density at radius 1 is 1.32 bits per heavy atom. The Balaban J connectivity index is 1.55. The van der Waals surface area contributed by atoms with Crippen molar-refractivity contribution in [2.75, 3.05) is 31.1 Å². The number of piperazine rings is 1. The summed E-state index contributed by atoms with van der Waals surface area (Å²) < 4.78 is 0. The smallest absolute Gasteiger partial charge is 0.322 e. The summed E-state index contributed by atoms with van der Waals surface area (Å²) in [4.78, 5) is 44.1. The first-order valence-electron chi connectivity index (χ1n) is 8.46.